The number of carbonyl (C=O) groups is 1. The molecule has 0 saturated carbocycles. The summed E-state index contributed by atoms with van der Waals surface area (Å²) in [6.45, 7) is 6.02. The number of nitrogens with zero attached hydrogens (tertiary/aromatic N) is 3. The number of aromatic nitrogens is 2. The Morgan fingerprint density at radius 2 is 2.28 bits per heavy atom. The lowest BCUT2D eigenvalue weighted by Crippen LogP contribution is -2.61. The number of rotatable bonds is 5. The zero-order valence-corrected chi connectivity index (χ0v) is 11.0. The van der Waals surface area contributed by atoms with E-state index < -0.39 is 5.97 Å². The lowest BCUT2D eigenvalue weighted by Gasteiger charge is -2.47. The molecule has 1 aliphatic rings. The number of likely N-dealkylation sites (tertiary alicyclic amines) is 1. The van der Waals surface area contributed by atoms with E-state index in [9.17, 15) is 4.79 Å². The Kier molecular flexibility index (Phi) is 3.41. The van der Waals surface area contributed by atoms with Crippen LogP contribution in [0.4, 0.5) is 0 Å². The van der Waals surface area contributed by atoms with Crippen LogP contribution in [0.3, 0.4) is 0 Å². The van der Waals surface area contributed by atoms with Gasteiger partial charge in [-0.15, -0.1) is 0 Å². The molecule has 0 aromatic carbocycles. The van der Waals surface area contributed by atoms with Crippen molar-refractivity contribution in [1.29, 1.82) is 0 Å². The summed E-state index contributed by atoms with van der Waals surface area (Å²) in [6, 6.07) is 2.06. The first-order valence-corrected chi connectivity index (χ1v) is 5.96. The summed E-state index contributed by atoms with van der Waals surface area (Å²) in [7, 11) is 1.93. The second-order valence-corrected chi connectivity index (χ2v) is 5.18. The highest BCUT2D eigenvalue weighted by atomic mass is 16.5. The number of hydrogen-bond acceptors (Lipinski definition) is 4. The van der Waals surface area contributed by atoms with Crippen molar-refractivity contribution in [3.05, 3.63) is 17.5 Å². The maximum absolute atomic E-state index is 10.5. The van der Waals surface area contributed by atoms with Crippen LogP contribution in [0.2, 0.25) is 0 Å². The average molecular weight is 253 g/mol. The quantitative estimate of drug-likeness (QED) is 0.823. The number of aryl methyl sites for hydroxylation is 2. The van der Waals surface area contributed by atoms with Crippen molar-refractivity contribution in [3.63, 3.8) is 0 Å². The van der Waals surface area contributed by atoms with E-state index in [4.69, 9.17) is 9.84 Å². The first kappa shape index (κ1) is 13.0. The van der Waals surface area contributed by atoms with Gasteiger partial charge in [-0.05, 0) is 19.9 Å². The van der Waals surface area contributed by atoms with Crippen molar-refractivity contribution in [1.82, 2.24) is 14.7 Å². The second-order valence-electron chi connectivity index (χ2n) is 5.18. The van der Waals surface area contributed by atoms with Crippen molar-refractivity contribution in [2.24, 2.45) is 7.05 Å². The van der Waals surface area contributed by atoms with Crippen LogP contribution in [0.5, 0.6) is 0 Å². The number of hydrogen-bond donors (Lipinski definition) is 1. The number of carboxylic acid groups (broad SMARTS) is 1. The van der Waals surface area contributed by atoms with Gasteiger partial charge >= 0.3 is 5.97 Å². The summed E-state index contributed by atoms with van der Waals surface area (Å²) >= 11 is 0. The molecule has 2 rings (SSSR count). The lowest BCUT2D eigenvalue weighted by atomic mass is 9.96. The first-order valence-electron chi connectivity index (χ1n) is 5.96. The van der Waals surface area contributed by atoms with Crippen molar-refractivity contribution in [3.8, 4) is 0 Å². The summed E-state index contributed by atoms with van der Waals surface area (Å²) < 4.78 is 7.24. The zero-order chi connectivity index (χ0) is 13.3. The Balaban J connectivity index is 1.82. The Morgan fingerprint density at radius 1 is 1.61 bits per heavy atom. The minimum atomic E-state index is -0.920. The molecule has 1 fully saturated rings. The summed E-state index contributed by atoms with van der Waals surface area (Å²) in [5, 5.41) is 12.9. The van der Waals surface area contributed by atoms with Crippen molar-refractivity contribution >= 4 is 5.97 Å². The van der Waals surface area contributed by atoms with E-state index in [0.29, 0.717) is 0 Å². The smallest absolute Gasteiger partial charge is 0.329 e. The Labute approximate surface area is 106 Å². The highest BCUT2D eigenvalue weighted by Gasteiger charge is 2.40. The SMILES string of the molecule is Cc1cc(CN2CC(C)(OCC(=O)O)C2)n(C)n1. The molecule has 2 heterocycles. The van der Waals surface area contributed by atoms with Gasteiger partial charge in [0.2, 0.25) is 0 Å². The molecule has 6 nitrogen and oxygen atoms in total. The third-order valence-electron chi connectivity index (χ3n) is 3.14. The second kappa shape index (κ2) is 4.70. The third-order valence-corrected chi connectivity index (χ3v) is 3.14. The highest BCUT2D eigenvalue weighted by Crippen LogP contribution is 2.26. The molecule has 18 heavy (non-hydrogen) atoms. The molecule has 1 N–H and O–H groups in total. The number of aliphatic carboxylic acids is 1. The molecule has 1 aromatic heterocycles. The molecule has 0 amide bonds. The Bertz CT molecular complexity index is 449. The van der Waals surface area contributed by atoms with Crippen molar-refractivity contribution in [2.45, 2.75) is 26.0 Å². The molecule has 0 bridgehead atoms. The zero-order valence-electron chi connectivity index (χ0n) is 11.0. The van der Waals surface area contributed by atoms with E-state index in [1.54, 1.807) is 0 Å². The van der Waals surface area contributed by atoms with E-state index in [1.165, 1.54) is 0 Å². The van der Waals surface area contributed by atoms with Gasteiger partial charge in [0.1, 0.15) is 6.61 Å². The minimum Gasteiger partial charge on any atom is -0.480 e. The van der Waals surface area contributed by atoms with Crippen LogP contribution in [0.15, 0.2) is 6.07 Å². The highest BCUT2D eigenvalue weighted by molar-refractivity contribution is 5.68. The third kappa shape index (κ3) is 2.88. The number of carboxylic acids is 1. The maximum atomic E-state index is 10.5. The topological polar surface area (TPSA) is 67.6 Å². The predicted octanol–water partition coefficient (Wildman–Crippen LogP) is 0.404. The minimum absolute atomic E-state index is 0.227. The largest absolute Gasteiger partial charge is 0.480 e. The van der Waals surface area contributed by atoms with Crippen LogP contribution in [-0.4, -0.2) is 51.1 Å². The molecule has 1 aromatic rings. The van der Waals surface area contributed by atoms with Crippen LogP contribution < -0.4 is 0 Å². The Hall–Kier alpha value is -1.40. The van der Waals surface area contributed by atoms with E-state index >= 15 is 0 Å². The molecule has 100 valence electrons. The fourth-order valence-electron chi connectivity index (χ4n) is 2.38. The summed E-state index contributed by atoms with van der Waals surface area (Å²) in [5.41, 5.74) is 1.84. The maximum Gasteiger partial charge on any atom is 0.329 e. The van der Waals surface area contributed by atoms with Gasteiger partial charge in [0, 0.05) is 26.7 Å². The molecule has 6 heteroatoms. The molecule has 0 atom stereocenters. The van der Waals surface area contributed by atoms with Crippen LogP contribution in [0.25, 0.3) is 0 Å². The fourth-order valence-corrected chi connectivity index (χ4v) is 2.38. The fraction of sp³-hybridized carbons (Fsp3) is 0.667. The molecule has 0 radical (unpaired) electrons. The first-order chi connectivity index (χ1) is 8.38. The summed E-state index contributed by atoms with van der Waals surface area (Å²) in [4.78, 5) is 12.7. The predicted molar refractivity (Wildman–Crippen MR) is 65.2 cm³/mol. The van der Waals surface area contributed by atoms with Crippen molar-refractivity contribution < 1.29 is 14.6 Å². The number of ether oxygens (including phenoxy) is 1. The van der Waals surface area contributed by atoms with Gasteiger partial charge in [-0.1, -0.05) is 0 Å². The molecule has 0 unspecified atom stereocenters. The van der Waals surface area contributed by atoms with Gasteiger partial charge in [-0.25, -0.2) is 4.79 Å². The standard InChI is InChI=1S/C12H19N3O3/c1-9-4-10(14(3)13-9)5-15-7-12(2,8-15)18-6-11(16)17/h4H,5-8H2,1-3H3,(H,16,17). The molecule has 1 saturated heterocycles. The molecule has 1 aliphatic heterocycles. The Morgan fingerprint density at radius 3 is 2.78 bits per heavy atom. The monoisotopic (exact) mass is 253 g/mol. The van der Waals surface area contributed by atoms with Gasteiger partial charge in [-0.2, -0.15) is 5.10 Å². The normalized spacial score (nSPS) is 18.6. The summed E-state index contributed by atoms with van der Waals surface area (Å²) in [5.74, 6) is -0.920. The van der Waals surface area contributed by atoms with Crippen molar-refractivity contribution in [2.75, 3.05) is 19.7 Å². The van der Waals surface area contributed by atoms with Gasteiger partial charge < -0.3 is 9.84 Å². The molecular weight excluding hydrogens is 234 g/mol. The van der Waals surface area contributed by atoms with Gasteiger partial charge in [0.05, 0.1) is 17.0 Å². The molecular formula is C12H19N3O3. The van der Waals surface area contributed by atoms with E-state index in [0.717, 1.165) is 31.0 Å². The van der Waals surface area contributed by atoms with E-state index in [-0.39, 0.29) is 12.2 Å². The van der Waals surface area contributed by atoms with Crippen LogP contribution in [0, 0.1) is 6.92 Å². The van der Waals surface area contributed by atoms with Crippen LogP contribution in [-0.2, 0) is 23.1 Å². The van der Waals surface area contributed by atoms with Gasteiger partial charge in [0.15, 0.2) is 0 Å². The lowest BCUT2D eigenvalue weighted by molar-refractivity contribution is -0.166. The van der Waals surface area contributed by atoms with Gasteiger partial charge in [-0.3, -0.25) is 9.58 Å². The molecule has 0 aliphatic carbocycles. The summed E-state index contributed by atoms with van der Waals surface area (Å²) in [6.07, 6.45) is 0. The average Bonchev–Trinajstić information content (AvgIpc) is 2.52. The van der Waals surface area contributed by atoms with Crippen LogP contribution in [0.1, 0.15) is 18.3 Å². The van der Waals surface area contributed by atoms with Crippen LogP contribution >= 0.6 is 0 Å². The van der Waals surface area contributed by atoms with Gasteiger partial charge in [0.25, 0.3) is 0 Å². The molecule has 0 spiro atoms. The van der Waals surface area contributed by atoms with E-state index in [2.05, 4.69) is 16.1 Å². The van der Waals surface area contributed by atoms with E-state index in [1.807, 2.05) is 25.6 Å².